The second-order valence-electron chi connectivity index (χ2n) is 5.35. The minimum atomic E-state index is 0.228. The first-order chi connectivity index (χ1) is 9.86. The Morgan fingerprint density at radius 3 is 2.65 bits per heavy atom. The summed E-state index contributed by atoms with van der Waals surface area (Å²) in [5, 5.41) is 0. The van der Waals surface area contributed by atoms with Gasteiger partial charge in [0, 0.05) is 12.0 Å². The molecule has 20 heavy (non-hydrogen) atoms. The van der Waals surface area contributed by atoms with Crippen LogP contribution in [0.4, 0.5) is 0 Å². The smallest absolute Gasteiger partial charge is 0.122 e. The molecule has 2 aromatic carbocycles. The zero-order valence-corrected chi connectivity index (χ0v) is 11.5. The van der Waals surface area contributed by atoms with Crippen LogP contribution in [-0.2, 0) is 12.8 Å². The number of para-hydroxylation sites is 1. The van der Waals surface area contributed by atoms with E-state index in [2.05, 4.69) is 41.8 Å². The summed E-state index contributed by atoms with van der Waals surface area (Å²) >= 11 is 0. The van der Waals surface area contributed by atoms with Crippen molar-refractivity contribution >= 4 is 0 Å². The lowest BCUT2D eigenvalue weighted by Crippen LogP contribution is -2.46. The summed E-state index contributed by atoms with van der Waals surface area (Å²) in [6, 6.07) is 18.9. The third kappa shape index (κ3) is 2.84. The van der Waals surface area contributed by atoms with Crippen LogP contribution in [0.3, 0.4) is 0 Å². The van der Waals surface area contributed by atoms with Crippen molar-refractivity contribution in [2.75, 3.05) is 6.61 Å². The number of nitrogens with one attached hydrogen (secondary N) is 1. The Kier molecular flexibility index (Phi) is 4.00. The van der Waals surface area contributed by atoms with Crippen LogP contribution in [0, 0.1) is 5.92 Å². The van der Waals surface area contributed by atoms with Crippen LogP contribution < -0.4 is 16.0 Å². The van der Waals surface area contributed by atoms with E-state index in [0.29, 0.717) is 5.92 Å². The van der Waals surface area contributed by atoms with Gasteiger partial charge in [-0.3, -0.25) is 11.3 Å². The fraction of sp³-hybridized carbons (Fsp3) is 0.294. The Bertz CT molecular complexity index is 556. The van der Waals surface area contributed by atoms with Gasteiger partial charge >= 0.3 is 0 Å². The zero-order valence-electron chi connectivity index (χ0n) is 11.5. The summed E-state index contributed by atoms with van der Waals surface area (Å²) in [5.41, 5.74) is 5.55. The molecule has 1 heterocycles. The number of ether oxygens (including phenoxy) is 1. The second kappa shape index (κ2) is 6.07. The molecule has 0 radical (unpaired) electrons. The predicted molar refractivity (Wildman–Crippen MR) is 80.4 cm³/mol. The van der Waals surface area contributed by atoms with E-state index in [-0.39, 0.29) is 6.04 Å². The van der Waals surface area contributed by atoms with Crippen molar-refractivity contribution in [1.82, 2.24) is 5.43 Å². The molecule has 0 fully saturated rings. The molecular weight excluding hydrogens is 248 g/mol. The summed E-state index contributed by atoms with van der Waals surface area (Å²) in [4.78, 5) is 0. The molecule has 0 aromatic heterocycles. The van der Waals surface area contributed by atoms with Crippen molar-refractivity contribution in [3.05, 3.63) is 65.7 Å². The molecule has 0 saturated heterocycles. The maximum absolute atomic E-state index is 5.86. The molecule has 1 aliphatic rings. The Morgan fingerprint density at radius 2 is 1.85 bits per heavy atom. The van der Waals surface area contributed by atoms with Gasteiger partial charge in [-0.2, -0.15) is 0 Å². The third-order valence-corrected chi connectivity index (χ3v) is 3.99. The SMILES string of the molecule is NNC(Cc1ccccc1)C1COc2ccccc2C1. The molecule has 0 spiro atoms. The largest absolute Gasteiger partial charge is 0.493 e. The number of hydrogen-bond donors (Lipinski definition) is 2. The number of benzene rings is 2. The van der Waals surface area contributed by atoms with E-state index in [1.54, 1.807) is 0 Å². The first-order valence-corrected chi connectivity index (χ1v) is 7.07. The number of hydrazine groups is 1. The van der Waals surface area contributed by atoms with Crippen molar-refractivity contribution in [1.29, 1.82) is 0 Å². The van der Waals surface area contributed by atoms with E-state index < -0.39 is 0 Å². The fourth-order valence-electron chi connectivity index (χ4n) is 2.84. The lowest BCUT2D eigenvalue weighted by atomic mass is 9.87. The maximum Gasteiger partial charge on any atom is 0.122 e. The Morgan fingerprint density at radius 1 is 1.10 bits per heavy atom. The fourth-order valence-corrected chi connectivity index (χ4v) is 2.84. The van der Waals surface area contributed by atoms with E-state index in [1.165, 1.54) is 11.1 Å². The van der Waals surface area contributed by atoms with E-state index in [9.17, 15) is 0 Å². The van der Waals surface area contributed by atoms with Crippen LogP contribution in [0.5, 0.6) is 5.75 Å². The Balaban J connectivity index is 1.72. The first-order valence-electron chi connectivity index (χ1n) is 7.07. The van der Waals surface area contributed by atoms with Crippen LogP contribution in [0.25, 0.3) is 0 Å². The molecule has 2 atom stereocenters. The molecule has 3 nitrogen and oxygen atoms in total. The highest BCUT2D eigenvalue weighted by Crippen LogP contribution is 2.29. The summed E-state index contributed by atoms with van der Waals surface area (Å²) in [7, 11) is 0. The highest BCUT2D eigenvalue weighted by atomic mass is 16.5. The lowest BCUT2D eigenvalue weighted by Gasteiger charge is -2.31. The average molecular weight is 268 g/mol. The van der Waals surface area contributed by atoms with E-state index >= 15 is 0 Å². The Hall–Kier alpha value is -1.84. The van der Waals surface area contributed by atoms with Crippen molar-refractivity contribution in [3.63, 3.8) is 0 Å². The Labute approximate surface area is 119 Å². The van der Waals surface area contributed by atoms with Gasteiger partial charge in [-0.1, -0.05) is 48.5 Å². The van der Waals surface area contributed by atoms with Gasteiger partial charge in [0.1, 0.15) is 5.75 Å². The minimum absolute atomic E-state index is 0.228. The molecule has 0 aliphatic carbocycles. The number of rotatable bonds is 4. The summed E-state index contributed by atoms with van der Waals surface area (Å²) in [6.07, 6.45) is 1.94. The predicted octanol–water partition coefficient (Wildman–Crippen LogP) is 2.31. The van der Waals surface area contributed by atoms with E-state index in [1.807, 2.05) is 18.2 Å². The van der Waals surface area contributed by atoms with Gasteiger partial charge in [0.15, 0.2) is 0 Å². The molecule has 0 amide bonds. The molecule has 0 bridgehead atoms. The van der Waals surface area contributed by atoms with Gasteiger partial charge < -0.3 is 4.74 Å². The summed E-state index contributed by atoms with van der Waals surface area (Å²) in [6.45, 7) is 0.721. The highest BCUT2D eigenvalue weighted by Gasteiger charge is 2.26. The molecular formula is C17H20N2O. The molecule has 2 unspecified atom stereocenters. The average Bonchev–Trinajstić information content (AvgIpc) is 2.53. The van der Waals surface area contributed by atoms with Crippen LogP contribution in [-0.4, -0.2) is 12.6 Å². The first kappa shape index (κ1) is 13.2. The van der Waals surface area contributed by atoms with Crippen LogP contribution in [0.2, 0.25) is 0 Å². The van der Waals surface area contributed by atoms with Gasteiger partial charge in [0.05, 0.1) is 6.61 Å². The number of nitrogens with two attached hydrogens (primary N) is 1. The number of hydrogen-bond acceptors (Lipinski definition) is 3. The van der Waals surface area contributed by atoms with Crippen LogP contribution in [0.1, 0.15) is 11.1 Å². The molecule has 0 saturated carbocycles. The van der Waals surface area contributed by atoms with Crippen molar-refractivity contribution in [3.8, 4) is 5.75 Å². The molecule has 3 N–H and O–H groups in total. The highest BCUT2D eigenvalue weighted by molar-refractivity contribution is 5.35. The molecule has 104 valence electrons. The van der Waals surface area contributed by atoms with Crippen molar-refractivity contribution in [2.24, 2.45) is 11.8 Å². The van der Waals surface area contributed by atoms with Crippen molar-refractivity contribution in [2.45, 2.75) is 18.9 Å². The topological polar surface area (TPSA) is 47.3 Å². The molecule has 3 rings (SSSR count). The van der Waals surface area contributed by atoms with Crippen LogP contribution in [0.15, 0.2) is 54.6 Å². The van der Waals surface area contributed by atoms with Gasteiger partial charge in [-0.15, -0.1) is 0 Å². The number of fused-ring (bicyclic) bond motifs is 1. The zero-order chi connectivity index (χ0) is 13.8. The van der Waals surface area contributed by atoms with Gasteiger partial charge in [-0.25, -0.2) is 0 Å². The standard InChI is InChI=1S/C17H20N2O/c18-19-16(10-13-6-2-1-3-7-13)15-11-14-8-4-5-9-17(14)20-12-15/h1-9,15-16,19H,10-12,18H2. The van der Waals surface area contributed by atoms with Gasteiger partial charge in [-0.05, 0) is 30.0 Å². The normalized spacial score (nSPS) is 18.9. The van der Waals surface area contributed by atoms with Gasteiger partial charge in [0.2, 0.25) is 0 Å². The lowest BCUT2D eigenvalue weighted by molar-refractivity contribution is 0.183. The van der Waals surface area contributed by atoms with Crippen molar-refractivity contribution < 1.29 is 4.74 Å². The molecule has 1 aliphatic heterocycles. The third-order valence-electron chi connectivity index (χ3n) is 3.99. The quantitative estimate of drug-likeness (QED) is 0.661. The van der Waals surface area contributed by atoms with E-state index in [0.717, 1.165) is 25.2 Å². The molecule has 2 aromatic rings. The van der Waals surface area contributed by atoms with Crippen LogP contribution >= 0.6 is 0 Å². The summed E-state index contributed by atoms with van der Waals surface area (Å²) < 4.78 is 5.86. The molecule has 3 heteroatoms. The monoisotopic (exact) mass is 268 g/mol. The van der Waals surface area contributed by atoms with Gasteiger partial charge in [0.25, 0.3) is 0 Å². The maximum atomic E-state index is 5.86. The second-order valence-corrected chi connectivity index (χ2v) is 5.35. The van der Waals surface area contributed by atoms with E-state index in [4.69, 9.17) is 10.6 Å². The summed E-state index contributed by atoms with van der Waals surface area (Å²) in [5.74, 6) is 7.18. The minimum Gasteiger partial charge on any atom is -0.493 e.